The van der Waals surface area contributed by atoms with Crippen molar-refractivity contribution in [3.05, 3.63) is 94.2 Å². The van der Waals surface area contributed by atoms with Crippen LogP contribution < -0.4 is 10.1 Å². The molecule has 1 aromatic heterocycles. The molecular formula is C24H23BrFN5OS. The normalized spacial score (nSPS) is 11.0. The first-order valence-corrected chi connectivity index (χ1v) is 12.3. The largest absolute Gasteiger partial charge is 0.488 e. The van der Waals surface area contributed by atoms with Crippen molar-refractivity contribution in [2.75, 3.05) is 12.3 Å². The van der Waals surface area contributed by atoms with Crippen molar-refractivity contribution >= 4 is 27.7 Å². The predicted octanol–water partition coefficient (Wildman–Crippen LogP) is 5.41. The van der Waals surface area contributed by atoms with Crippen molar-refractivity contribution < 1.29 is 9.13 Å². The van der Waals surface area contributed by atoms with E-state index in [9.17, 15) is 4.39 Å². The number of hydrogen-bond acceptors (Lipinski definition) is 6. The second kappa shape index (κ2) is 11.9. The monoisotopic (exact) mass is 527 g/mol. The van der Waals surface area contributed by atoms with Crippen LogP contribution >= 0.6 is 27.7 Å². The summed E-state index contributed by atoms with van der Waals surface area (Å²) in [4.78, 5) is 0. The Hall–Kier alpha value is -2.75. The lowest BCUT2D eigenvalue weighted by Crippen LogP contribution is -2.16. The minimum atomic E-state index is -0.259. The van der Waals surface area contributed by atoms with Crippen LogP contribution in [0.2, 0.25) is 0 Å². The Morgan fingerprint density at radius 1 is 1.00 bits per heavy atom. The minimum Gasteiger partial charge on any atom is -0.488 e. The maximum absolute atomic E-state index is 13.9. The fourth-order valence-electron chi connectivity index (χ4n) is 3.18. The van der Waals surface area contributed by atoms with E-state index in [1.54, 1.807) is 28.6 Å². The van der Waals surface area contributed by atoms with E-state index in [1.165, 1.54) is 6.07 Å². The summed E-state index contributed by atoms with van der Waals surface area (Å²) in [6.45, 7) is 1.67. The van der Waals surface area contributed by atoms with E-state index < -0.39 is 0 Å². The van der Waals surface area contributed by atoms with Crippen LogP contribution in [-0.4, -0.2) is 32.5 Å². The fraction of sp³-hybridized carbons (Fsp3) is 0.208. The van der Waals surface area contributed by atoms with Gasteiger partial charge in [0.1, 0.15) is 18.2 Å². The molecule has 0 fully saturated rings. The van der Waals surface area contributed by atoms with Crippen molar-refractivity contribution in [3.8, 4) is 11.4 Å². The summed E-state index contributed by atoms with van der Waals surface area (Å²) in [6, 6.07) is 22.4. The third-order valence-electron chi connectivity index (χ3n) is 4.85. The van der Waals surface area contributed by atoms with Gasteiger partial charge in [-0.2, -0.15) is 4.68 Å². The Morgan fingerprint density at radius 2 is 1.82 bits per heavy atom. The number of nitrogens with zero attached hydrogens (tertiary/aromatic N) is 4. The van der Waals surface area contributed by atoms with Crippen LogP contribution in [0.5, 0.6) is 5.75 Å². The highest BCUT2D eigenvalue weighted by Crippen LogP contribution is 2.25. The molecule has 0 unspecified atom stereocenters. The number of para-hydroxylation sites is 1. The average Bonchev–Trinajstić information content (AvgIpc) is 3.31. The van der Waals surface area contributed by atoms with E-state index in [4.69, 9.17) is 4.74 Å². The number of rotatable bonds is 11. The van der Waals surface area contributed by atoms with Gasteiger partial charge in [-0.25, -0.2) is 4.39 Å². The lowest BCUT2D eigenvalue weighted by Gasteiger charge is -2.13. The number of benzene rings is 3. The first-order chi connectivity index (χ1) is 16.2. The molecule has 0 aliphatic heterocycles. The van der Waals surface area contributed by atoms with Crippen molar-refractivity contribution in [2.45, 2.75) is 24.7 Å². The molecule has 0 aliphatic rings. The quantitative estimate of drug-likeness (QED) is 0.207. The summed E-state index contributed by atoms with van der Waals surface area (Å²) in [5.41, 5.74) is 2.50. The van der Waals surface area contributed by atoms with Gasteiger partial charge in [-0.15, -0.1) is 5.10 Å². The molecule has 0 atom stereocenters. The Kier molecular flexibility index (Phi) is 8.46. The molecule has 33 heavy (non-hydrogen) atoms. The van der Waals surface area contributed by atoms with Gasteiger partial charge in [0.25, 0.3) is 0 Å². The molecule has 4 aromatic rings. The number of ether oxygens (including phenoxy) is 1. The molecule has 9 heteroatoms. The molecule has 4 rings (SSSR count). The standard InChI is InChI=1S/C24H23BrFN5OS/c25-20-11-12-23(32-17-18-7-4-5-10-22(18)26)19(15-20)16-27-13-6-14-33-24-28-29-30-31(24)21-8-2-1-3-9-21/h1-5,7-12,15,27H,6,13-14,16-17H2. The van der Waals surface area contributed by atoms with E-state index in [1.807, 2.05) is 54.6 Å². The predicted molar refractivity (Wildman–Crippen MR) is 131 cm³/mol. The summed E-state index contributed by atoms with van der Waals surface area (Å²) in [5.74, 6) is 1.37. The molecule has 6 nitrogen and oxygen atoms in total. The Balaban J connectivity index is 1.24. The third kappa shape index (κ3) is 6.63. The molecule has 0 spiro atoms. The van der Waals surface area contributed by atoms with Gasteiger partial charge in [-0.1, -0.05) is 64.1 Å². The van der Waals surface area contributed by atoms with Gasteiger partial charge in [-0.05, 0) is 59.8 Å². The second-order valence-corrected chi connectivity index (χ2v) is 9.20. The number of tetrazole rings is 1. The van der Waals surface area contributed by atoms with Crippen LogP contribution in [0, 0.1) is 5.82 Å². The van der Waals surface area contributed by atoms with Crippen LogP contribution in [0.1, 0.15) is 17.5 Å². The maximum Gasteiger partial charge on any atom is 0.214 e. The Bertz CT molecular complexity index is 1170. The van der Waals surface area contributed by atoms with Crippen LogP contribution in [0.15, 0.2) is 82.4 Å². The molecular weight excluding hydrogens is 505 g/mol. The SMILES string of the molecule is Fc1ccccc1COc1ccc(Br)cc1CNCCCSc1nnnn1-c1ccccc1. The van der Waals surface area contributed by atoms with Crippen molar-refractivity contribution in [1.82, 2.24) is 25.5 Å². The van der Waals surface area contributed by atoms with Crippen LogP contribution in [0.4, 0.5) is 4.39 Å². The molecule has 1 heterocycles. The van der Waals surface area contributed by atoms with E-state index >= 15 is 0 Å². The minimum absolute atomic E-state index is 0.189. The van der Waals surface area contributed by atoms with E-state index in [2.05, 4.69) is 36.8 Å². The van der Waals surface area contributed by atoms with Crippen molar-refractivity contribution in [2.24, 2.45) is 0 Å². The molecule has 3 aromatic carbocycles. The van der Waals surface area contributed by atoms with Gasteiger partial charge in [-0.3, -0.25) is 0 Å². The lowest BCUT2D eigenvalue weighted by atomic mass is 10.2. The van der Waals surface area contributed by atoms with Gasteiger partial charge in [0, 0.05) is 27.9 Å². The zero-order chi connectivity index (χ0) is 22.9. The number of halogens is 2. The average molecular weight is 528 g/mol. The number of nitrogens with one attached hydrogen (secondary N) is 1. The molecule has 0 aliphatic carbocycles. The highest BCUT2D eigenvalue weighted by molar-refractivity contribution is 9.10. The number of thioether (sulfide) groups is 1. The van der Waals surface area contributed by atoms with E-state index in [0.717, 1.165) is 45.3 Å². The number of aromatic nitrogens is 4. The zero-order valence-corrected chi connectivity index (χ0v) is 20.2. The zero-order valence-electron chi connectivity index (χ0n) is 17.8. The van der Waals surface area contributed by atoms with Crippen molar-refractivity contribution in [1.29, 1.82) is 0 Å². The van der Waals surface area contributed by atoms with Gasteiger partial charge in [0.15, 0.2) is 0 Å². The summed E-state index contributed by atoms with van der Waals surface area (Å²) in [7, 11) is 0. The molecule has 0 radical (unpaired) electrons. The van der Waals surface area contributed by atoms with Crippen LogP contribution in [-0.2, 0) is 13.2 Å². The third-order valence-corrected chi connectivity index (χ3v) is 6.35. The molecule has 1 N–H and O–H groups in total. The molecule has 0 bridgehead atoms. The summed E-state index contributed by atoms with van der Waals surface area (Å²) in [5, 5.41) is 16.2. The van der Waals surface area contributed by atoms with Gasteiger partial charge in [0.2, 0.25) is 5.16 Å². The number of hydrogen-bond donors (Lipinski definition) is 1. The fourth-order valence-corrected chi connectivity index (χ4v) is 4.42. The highest BCUT2D eigenvalue weighted by Gasteiger charge is 2.09. The van der Waals surface area contributed by atoms with E-state index in [-0.39, 0.29) is 12.4 Å². The van der Waals surface area contributed by atoms with Gasteiger partial charge >= 0.3 is 0 Å². The summed E-state index contributed by atoms with van der Waals surface area (Å²) >= 11 is 5.14. The first-order valence-electron chi connectivity index (χ1n) is 10.5. The molecule has 0 amide bonds. The second-order valence-electron chi connectivity index (χ2n) is 7.22. The first kappa shape index (κ1) is 23.4. The maximum atomic E-state index is 13.9. The van der Waals surface area contributed by atoms with Crippen LogP contribution in [0.3, 0.4) is 0 Å². The highest BCUT2D eigenvalue weighted by atomic mass is 79.9. The van der Waals surface area contributed by atoms with Gasteiger partial charge in [0.05, 0.1) is 5.69 Å². The molecule has 0 saturated carbocycles. The van der Waals surface area contributed by atoms with Crippen molar-refractivity contribution in [3.63, 3.8) is 0 Å². The Morgan fingerprint density at radius 3 is 2.67 bits per heavy atom. The lowest BCUT2D eigenvalue weighted by molar-refractivity contribution is 0.296. The summed E-state index contributed by atoms with van der Waals surface area (Å²) in [6.07, 6.45) is 0.950. The summed E-state index contributed by atoms with van der Waals surface area (Å²) < 4.78 is 22.5. The van der Waals surface area contributed by atoms with Crippen LogP contribution in [0.25, 0.3) is 5.69 Å². The molecule has 170 valence electrons. The van der Waals surface area contributed by atoms with E-state index in [0.29, 0.717) is 12.1 Å². The smallest absolute Gasteiger partial charge is 0.214 e. The topological polar surface area (TPSA) is 64.9 Å². The Labute approximate surface area is 204 Å². The van der Waals surface area contributed by atoms with Gasteiger partial charge < -0.3 is 10.1 Å². The molecule has 0 saturated heterocycles.